The Bertz CT molecular complexity index is 508. The third-order valence-electron chi connectivity index (χ3n) is 1.94. The number of carbonyl (C=O) groups is 1. The van der Waals surface area contributed by atoms with Crippen molar-refractivity contribution in [1.82, 2.24) is 0 Å². The zero-order valence-electron chi connectivity index (χ0n) is 8.42. The molecule has 0 bridgehead atoms. The molecule has 18 heavy (non-hydrogen) atoms. The van der Waals surface area contributed by atoms with Gasteiger partial charge >= 0.3 is 12.1 Å². The molecule has 0 aliphatic heterocycles. The predicted octanol–water partition coefficient (Wildman–Crippen LogP) is 2.87. The number of hydrogen-bond donors (Lipinski definition) is 2. The van der Waals surface area contributed by atoms with Gasteiger partial charge in [-0.3, -0.25) is 0 Å². The zero-order chi connectivity index (χ0) is 14.1. The third kappa shape index (κ3) is 2.94. The first kappa shape index (κ1) is 14.8. The maximum absolute atomic E-state index is 12.5. The van der Waals surface area contributed by atoms with E-state index in [-0.39, 0.29) is 10.0 Å². The van der Waals surface area contributed by atoms with E-state index >= 15 is 0 Å². The fourth-order valence-corrected chi connectivity index (χ4v) is 2.26. The quantitative estimate of drug-likeness (QED) is 0.492. The Labute approximate surface area is 112 Å². The van der Waals surface area contributed by atoms with Crippen molar-refractivity contribution >= 4 is 39.2 Å². The van der Waals surface area contributed by atoms with Gasteiger partial charge in [0.1, 0.15) is 0 Å². The zero-order valence-corrected chi connectivity index (χ0v) is 10.8. The first-order valence-corrected chi connectivity index (χ1v) is 5.43. The highest BCUT2D eigenvalue weighted by Crippen LogP contribution is 2.36. The summed E-state index contributed by atoms with van der Waals surface area (Å²) in [5.41, 5.74) is -1.86. The number of benzene rings is 1. The summed E-state index contributed by atoms with van der Waals surface area (Å²) in [7, 11) is 0. The molecule has 0 aromatic heterocycles. The fraction of sp³-hybridized carbons (Fsp3) is 0.111. The van der Waals surface area contributed by atoms with Gasteiger partial charge < -0.3 is 10.9 Å². The fourth-order valence-electron chi connectivity index (χ4n) is 1.19. The van der Waals surface area contributed by atoms with Crippen molar-refractivity contribution in [2.45, 2.75) is 6.18 Å². The minimum atomic E-state index is -4.59. The van der Waals surface area contributed by atoms with Crippen molar-refractivity contribution in [3.05, 3.63) is 32.8 Å². The molecule has 0 aliphatic carbocycles. The van der Waals surface area contributed by atoms with Crippen LogP contribution in [0.15, 0.2) is 21.7 Å². The lowest BCUT2D eigenvalue weighted by atomic mass is 10.1. The second kappa shape index (κ2) is 5.15. The van der Waals surface area contributed by atoms with E-state index in [0.717, 1.165) is 0 Å². The Hall–Kier alpha value is -1.28. The van der Waals surface area contributed by atoms with Crippen LogP contribution in [0.2, 0.25) is 5.02 Å². The molecule has 0 fully saturated rings. The van der Waals surface area contributed by atoms with Gasteiger partial charge in [-0.1, -0.05) is 27.5 Å². The molecule has 0 spiro atoms. The van der Waals surface area contributed by atoms with Gasteiger partial charge in [0.05, 0.1) is 10.6 Å². The van der Waals surface area contributed by atoms with E-state index in [1.54, 1.807) is 0 Å². The predicted molar refractivity (Wildman–Crippen MR) is 62.5 cm³/mol. The molecular weight excluding hydrogens is 340 g/mol. The van der Waals surface area contributed by atoms with Crippen molar-refractivity contribution in [2.75, 3.05) is 0 Å². The summed E-state index contributed by atoms with van der Waals surface area (Å²) in [6.07, 6.45) is -4.59. The molecule has 98 valence electrons. The van der Waals surface area contributed by atoms with Crippen LogP contribution in [0.5, 0.6) is 0 Å². The van der Waals surface area contributed by atoms with Crippen LogP contribution >= 0.6 is 27.5 Å². The number of carboxylic acid groups (broad SMARTS) is 1. The standard InChI is InChI=1S/C9H5BrClF3N2O2/c10-4-1-3(9(12,13)14)2-5(11)6(4)7(16-15)8(17)18/h1-2H,15H2,(H,17,18). The Morgan fingerprint density at radius 2 is 2.00 bits per heavy atom. The molecule has 0 saturated heterocycles. The molecule has 0 unspecified atom stereocenters. The number of nitrogens with zero attached hydrogens (tertiary/aromatic N) is 1. The molecule has 0 atom stereocenters. The lowest BCUT2D eigenvalue weighted by Gasteiger charge is -2.11. The SMILES string of the molecule is NN=C(C(=O)O)c1c(Cl)cc(C(F)(F)F)cc1Br. The van der Waals surface area contributed by atoms with Gasteiger partial charge in [0.2, 0.25) is 0 Å². The van der Waals surface area contributed by atoms with Crippen LogP contribution in [0.1, 0.15) is 11.1 Å². The molecule has 4 nitrogen and oxygen atoms in total. The van der Waals surface area contributed by atoms with E-state index < -0.39 is 28.4 Å². The average molecular weight is 346 g/mol. The van der Waals surface area contributed by atoms with Crippen LogP contribution in [0.25, 0.3) is 0 Å². The van der Waals surface area contributed by atoms with Crippen molar-refractivity contribution in [1.29, 1.82) is 0 Å². The number of hydrazone groups is 1. The molecule has 1 aromatic rings. The normalized spacial score (nSPS) is 12.6. The highest BCUT2D eigenvalue weighted by atomic mass is 79.9. The van der Waals surface area contributed by atoms with Crippen LogP contribution in [-0.4, -0.2) is 16.8 Å². The van der Waals surface area contributed by atoms with E-state index in [1.807, 2.05) is 0 Å². The van der Waals surface area contributed by atoms with Crippen molar-refractivity contribution in [3.63, 3.8) is 0 Å². The third-order valence-corrected chi connectivity index (χ3v) is 2.86. The number of alkyl halides is 3. The highest BCUT2D eigenvalue weighted by molar-refractivity contribution is 9.10. The summed E-state index contributed by atoms with van der Waals surface area (Å²) < 4.78 is 37.3. The Morgan fingerprint density at radius 1 is 1.44 bits per heavy atom. The Balaban J connectivity index is 3.47. The van der Waals surface area contributed by atoms with Gasteiger partial charge in [0.25, 0.3) is 0 Å². The van der Waals surface area contributed by atoms with E-state index in [2.05, 4.69) is 21.0 Å². The van der Waals surface area contributed by atoms with E-state index in [1.165, 1.54) is 0 Å². The van der Waals surface area contributed by atoms with Crippen molar-refractivity contribution in [3.8, 4) is 0 Å². The van der Waals surface area contributed by atoms with Crippen LogP contribution in [-0.2, 0) is 11.0 Å². The van der Waals surface area contributed by atoms with Gasteiger partial charge in [0, 0.05) is 10.0 Å². The summed E-state index contributed by atoms with van der Waals surface area (Å²) in [6.45, 7) is 0. The number of aliphatic carboxylic acids is 1. The topological polar surface area (TPSA) is 75.7 Å². The number of carboxylic acids is 1. The highest BCUT2D eigenvalue weighted by Gasteiger charge is 2.33. The first-order valence-electron chi connectivity index (χ1n) is 4.26. The maximum Gasteiger partial charge on any atom is 0.416 e. The minimum absolute atomic E-state index is 0.158. The summed E-state index contributed by atoms with van der Waals surface area (Å²) in [4.78, 5) is 10.8. The number of hydrogen-bond acceptors (Lipinski definition) is 3. The van der Waals surface area contributed by atoms with Gasteiger partial charge in [0.15, 0.2) is 5.71 Å². The van der Waals surface area contributed by atoms with Gasteiger partial charge in [-0.15, -0.1) is 0 Å². The average Bonchev–Trinajstić information content (AvgIpc) is 2.20. The van der Waals surface area contributed by atoms with Crippen molar-refractivity contribution in [2.24, 2.45) is 10.9 Å². The summed E-state index contributed by atoms with van der Waals surface area (Å²) >= 11 is 8.44. The molecular formula is C9H5BrClF3N2O2. The van der Waals surface area contributed by atoms with Crippen LogP contribution in [0.3, 0.4) is 0 Å². The molecule has 0 saturated carbocycles. The summed E-state index contributed by atoms with van der Waals surface area (Å²) in [5, 5.41) is 11.4. The number of halogens is 5. The lowest BCUT2D eigenvalue weighted by molar-refractivity contribution is -0.137. The maximum atomic E-state index is 12.5. The second-order valence-corrected chi connectivity index (χ2v) is 4.36. The molecule has 1 aromatic carbocycles. The Kier molecular flexibility index (Phi) is 4.23. The molecule has 9 heteroatoms. The van der Waals surface area contributed by atoms with Crippen LogP contribution < -0.4 is 5.84 Å². The summed E-state index contributed by atoms with van der Waals surface area (Å²) in [5.74, 6) is 3.37. The van der Waals surface area contributed by atoms with Crippen LogP contribution in [0.4, 0.5) is 13.2 Å². The molecule has 3 N–H and O–H groups in total. The van der Waals surface area contributed by atoms with Gasteiger partial charge in [-0.25, -0.2) is 4.79 Å². The van der Waals surface area contributed by atoms with E-state index in [0.29, 0.717) is 12.1 Å². The van der Waals surface area contributed by atoms with Gasteiger partial charge in [-0.05, 0) is 12.1 Å². The molecule has 1 rings (SSSR count). The monoisotopic (exact) mass is 344 g/mol. The van der Waals surface area contributed by atoms with Crippen molar-refractivity contribution < 1.29 is 23.1 Å². The smallest absolute Gasteiger partial charge is 0.416 e. The number of rotatable bonds is 2. The first-order chi connectivity index (χ1) is 8.18. The van der Waals surface area contributed by atoms with Gasteiger partial charge in [-0.2, -0.15) is 18.3 Å². The second-order valence-electron chi connectivity index (χ2n) is 3.10. The Morgan fingerprint density at radius 3 is 2.33 bits per heavy atom. The molecule has 0 heterocycles. The largest absolute Gasteiger partial charge is 0.476 e. The molecule has 0 aliphatic rings. The molecule has 0 radical (unpaired) electrons. The number of nitrogens with two attached hydrogens (primary N) is 1. The van der Waals surface area contributed by atoms with Crippen LogP contribution in [0, 0.1) is 0 Å². The minimum Gasteiger partial charge on any atom is -0.476 e. The van der Waals surface area contributed by atoms with E-state index in [4.69, 9.17) is 22.6 Å². The van der Waals surface area contributed by atoms with E-state index in [9.17, 15) is 18.0 Å². The summed E-state index contributed by atoms with van der Waals surface area (Å²) in [6, 6.07) is 1.31. The molecule has 0 amide bonds. The lowest BCUT2D eigenvalue weighted by Crippen LogP contribution is -2.18.